The fraction of sp³-hybridized carbons (Fsp3) is 0.500. The van der Waals surface area contributed by atoms with Crippen LogP contribution in [0.15, 0.2) is 24.3 Å². The molecule has 4 nitrogen and oxygen atoms in total. The largest absolute Gasteiger partial charge is 0.465 e. The molecule has 0 aliphatic rings. The second-order valence-electron chi connectivity index (χ2n) is 5.59. The summed E-state index contributed by atoms with van der Waals surface area (Å²) in [7, 11) is 3.14. The summed E-state index contributed by atoms with van der Waals surface area (Å²) in [5.74, 6) is -0.266. The lowest BCUT2D eigenvalue weighted by Crippen LogP contribution is -2.37. The Balaban J connectivity index is 2.83. The van der Waals surface area contributed by atoms with Gasteiger partial charge in [0.25, 0.3) is 0 Å². The van der Waals surface area contributed by atoms with Crippen LogP contribution in [-0.4, -0.2) is 30.9 Å². The van der Waals surface area contributed by atoms with Gasteiger partial charge in [-0.25, -0.2) is 4.79 Å². The second-order valence-corrected chi connectivity index (χ2v) is 5.59. The Morgan fingerprint density at radius 1 is 1.30 bits per heavy atom. The standard InChI is InChI=1S/C16H23NO3/c1-6-16(2,3)15(19)17(4)11-12-8-7-9-13(10-12)14(18)20-5/h7-10H,6,11H2,1-5H3. The summed E-state index contributed by atoms with van der Waals surface area (Å²) < 4.78 is 4.70. The number of benzene rings is 1. The molecule has 0 unspecified atom stereocenters. The van der Waals surface area contributed by atoms with E-state index >= 15 is 0 Å². The Labute approximate surface area is 120 Å². The fourth-order valence-corrected chi connectivity index (χ4v) is 1.93. The first-order valence-electron chi connectivity index (χ1n) is 6.74. The topological polar surface area (TPSA) is 46.6 Å². The Hall–Kier alpha value is -1.84. The molecule has 110 valence electrons. The van der Waals surface area contributed by atoms with Crippen LogP contribution in [0.25, 0.3) is 0 Å². The summed E-state index contributed by atoms with van der Waals surface area (Å²) in [6.45, 7) is 6.37. The average molecular weight is 277 g/mol. The quantitative estimate of drug-likeness (QED) is 0.777. The zero-order valence-corrected chi connectivity index (χ0v) is 12.9. The van der Waals surface area contributed by atoms with Crippen LogP contribution in [0.1, 0.15) is 43.1 Å². The number of hydrogen-bond donors (Lipinski definition) is 0. The molecule has 0 aromatic heterocycles. The van der Waals surface area contributed by atoms with Crippen LogP contribution in [0.5, 0.6) is 0 Å². The van der Waals surface area contributed by atoms with Gasteiger partial charge < -0.3 is 9.64 Å². The van der Waals surface area contributed by atoms with E-state index in [0.29, 0.717) is 12.1 Å². The molecule has 1 aromatic rings. The maximum atomic E-state index is 12.3. The number of hydrogen-bond acceptors (Lipinski definition) is 3. The predicted octanol–water partition coefficient (Wildman–Crippen LogP) is 2.87. The summed E-state index contributed by atoms with van der Waals surface area (Å²) in [6.07, 6.45) is 0.790. The molecule has 1 aromatic carbocycles. The third-order valence-corrected chi connectivity index (χ3v) is 3.58. The Bertz CT molecular complexity index is 494. The van der Waals surface area contributed by atoms with Crippen LogP contribution in [0.4, 0.5) is 0 Å². The van der Waals surface area contributed by atoms with Gasteiger partial charge in [-0.1, -0.05) is 32.9 Å². The van der Waals surface area contributed by atoms with Gasteiger partial charge in [-0.15, -0.1) is 0 Å². The van der Waals surface area contributed by atoms with Crippen molar-refractivity contribution < 1.29 is 14.3 Å². The number of methoxy groups -OCH3 is 1. The van der Waals surface area contributed by atoms with Gasteiger partial charge in [-0.2, -0.15) is 0 Å². The lowest BCUT2D eigenvalue weighted by atomic mass is 9.88. The molecule has 0 aliphatic heterocycles. The van der Waals surface area contributed by atoms with Crippen molar-refractivity contribution in [3.63, 3.8) is 0 Å². The van der Waals surface area contributed by atoms with Gasteiger partial charge >= 0.3 is 5.97 Å². The highest BCUT2D eigenvalue weighted by Crippen LogP contribution is 2.23. The molecule has 0 saturated carbocycles. The van der Waals surface area contributed by atoms with Crippen LogP contribution in [0.2, 0.25) is 0 Å². The van der Waals surface area contributed by atoms with E-state index in [-0.39, 0.29) is 17.3 Å². The van der Waals surface area contributed by atoms with Gasteiger partial charge in [-0.3, -0.25) is 4.79 Å². The molecule has 0 atom stereocenters. The monoisotopic (exact) mass is 277 g/mol. The SMILES string of the molecule is CCC(C)(C)C(=O)N(C)Cc1cccc(C(=O)OC)c1. The first-order valence-corrected chi connectivity index (χ1v) is 6.74. The molecule has 0 radical (unpaired) electrons. The van der Waals surface area contributed by atoms with E-state index in [4.69, 9.17) is 4.74 Å². The molecule has 0 spiro atoms. The normalized spacial score (nSPS) is 11.1. The minimum absolute atomic E-state index is 0.100. The summed E-state index contributed by atoms with van der Waals surface area (Å²) in [4.78, 5) is 25.5. The van der Waals surface area contributed by atoms with Gasteiger partial charge in [-0.05, 0) is 24.1 Å². The van der Waals surface area contributed by atoms with Crippen LogP contribution in [0.3, 0.4) is 0 Å². The van der Waals surface area contributed by atoms with E-state index in [1.54, 1.807) is 30.1 Å². The van der Waals surface area contributed by atoms with E-state index < -0.39 is 0 Å². The molecule has 0 aliphatic carbocycles. The minimum atomic E-state index is -0.366. The van der Waals surface area contributed by atoms with Crippen molar-refractivity contribution in [1.29, 1.82) is 0 Å². The first kappa shape index (κ1) is 16.2. The van der Waals surface area contributed by atoms with Crippen molar-refractivity contribution in [3.05, 3.63) is 35.4 Å². The highest BCUT2D eigenvalue weighted by Gasteiger charge is 2.28. The highest BCUT2D eigenvalue weighted by molar-refractivity contribution is 5.89. The van der Waals surface area contributed by atoms with E-state index in [0.717, 1.165) is 12.0 Å². The molecular weight excluding hydrogens is 254 g/mol. The lowest BCUT2D eigenvalue weighted by Gasteiger charge is -2.28. The van der Waals surface area contributed by atoms with Crippen molar-refractivity contribution >= 4 is 11.9 Å². The summed E-state index contributed by atoms with van der Waals surface area (Å²) >= 11 is 0. The summed E-state index contributed by atoms with van der Waals surface area (Å²) in [5, 5.41) is 0. The minimum Gasteiger partial charge on any atom is -0.465 e. The molecule has 0 heterocycles. The summed E-state index contributed by atoms with van der Waals surface area (Å²) in [6, 6.07) is 7.15. The molecule has 4 heteroatoms. The Morgan fingerprint density at radius 2 is 1.95 bits per heavy atom. The molecule has 1 amide bonds. The number of ether oxygens (including phenoxy) is 1. The number of rotatable bonds is 5. The zero-order chi connectivity index (χ0) is 15.3. The van der Waals surface area contributed by atoms with Crippen molar-refractivity contribution in [3.8, 4) is 0 Å². The predicted molar refractivity (Wildman–Crippen MR) is 78.3 cm³/mol. The van der Waals surface area contributed by atoms with Gasteiger partial charge in [0.05, 0.1) is 12.7 Å². The van der Waals surface area contributed by atoms with Gasteiger partial charge in [0, 0.05) is 19.0 Å². The Kier molecular flexibility index (Phi) is 5.31. The van der Waals surface area contributed by atoms with Crippen LogP contribution in [0, 0.1) is 5.41 Å². The molecule has 0 bridgehead atoms. The number of carbonyl (C=O) groups excluding carboxylic acids is 2. The molecule has 0 fully saturated rings. The van der Waals surface area contributed by atoms with E-state index in [1.807, 2.05) is 26.8 Å². The van der Waals surface area contributed by atoms with Gasteiger partial charge in [0.2, 0.25) is 5.91 Å². The molecule has 20 heavy (non-hydrogen) atoms. The van der Waals surface area contributed by atoms with Crippen LogP contribution in [-0.2, 0) is 16.1 Å². The lowest BCUT2D eigenvalue weighted by molar-refractivity contribution is -0.139. The zero-order valence-electron chi connectivity index (χ0n) is 12.9. The molecule has 0 saturated heterocycles. The number of nitrogens with zero attached hydrogens (tertiary/aromatic N) is 1. The van der Waals surface area contributed by atoms with Gasteiger partial charge in [0.15, 0.2) is 0 Å². The van der Waals surface area contributed by atoms with Crippen molar-refractivity contribution in [2.45, 2.75) is 33.7 Å². The van der Waals surface area contributed by atoms with Crippen molar-refractivity contribution in [2.75, 3.05) is 14.2 Å². The molecule has 0 N–H and O–H groups in total. The number of amides is 1. The first-order chi connectivity index (χ1) is 9.31. The van der Waals surface area contributed by atoms with E-state index in [9.17, 15) is 9.59 Å². The maximum Gasteiger partial charge on any atom is 0.337 e. The molecular formula is C16H23NO3. The molecule has 1 rings (SSSR count). The third-order valence-electron chi connectivity index (χ3n) is 3.58. The smallest absolute Gasteiger partial charge is 0.337 e. The van der Waals surface area contributed by atoms with E-state index in [1.165, 1.54) is 7.11 Å². The fourth-order valence-electron chi connectivity index (χ4n) is 1.93. The average Bonchev–Trinajstić information content (AvgIpc) is 2.45. The van der Waals surface area contributed by atoms with Crippen LogP contribution >= 0.6 is 0 Å². The number of carbonyl (C=O) groups is 2. The number of esters is 1. The van der Waals surface area contributed by atoms with Gasteiger partial charge in [0.1, 0.15) is 0 Å². The van der Waals surface area contributed by atoms with E-state index in [2.05, 4.69) is 0 Å². The third kappa shape index (κ3) is 3.83. The van der Waals surface area contributed by atoms with Crippen molar-refractivity contribution in [1.82, 2.24) is 4.90 Å². The van der Waals surface area contributed by atoms with Crippen LogP contribution < -0.4 is 0 Å². The second kappa shape index (κ2) is 6.55. The summed E-state index contributed by atoms with van der Waals surface area (Å²) in [5.41, 5.74) is 1.05. The highest BCUT2D eigenvalue weighted by atomic mass is 16.5. The Morgan fingerprint density at radius 3 is 2.50 bits per heavy atom. The van der Waals surface area contributed by atoms with Crippen molar-refractivity contribution in [2.24, 2.45) is 5.41 Å². The maximum absolute atomic E-state index is 12.3.